The van der Waals surface area contributed by atoms with E-state index < -0.39 is 0 Å². The molecule has 0 saturated carbocycles. The van der Waals surface area contributed by atoms with Crippen LogP contribution in [0.4, 0.5) is 0 Å². The Bertz CT molecular complexity index is 808. The third kappa shape index (κ3) is 2.12. The molecule has 19 heavy (non-hydrogen) atoms. The van der Waals surface area contributed by atoms with E-state index in [2.05, 4.69) is 21.0 Å². The van der Waals surface area contributed by atoms with Crippen LogP contribution in [0, 0.1) is 11.3 Å². The van der Waals surface area contributed by atoms with Crippen molar-refractivity contribution in [1.82, 2.24) is 15.0 Å². The molecule has 0 aliphatic carbocycles. The lowest BCUT2D eigenvalue weighted by Crippen LogP contribution is -1.93. The topological polar surface area (TPSA) is 62.5 Å². The number of hydrogen-bond donors (Lipinski definition) is 0. The minimum atomic E-state index is 0.148. The number of pyridine rings is 1. The summed E-state index contributed by atoms with van der Waals surface area (Å²) in [5.41, 5.74) is 2.36. The molecule has 0 fully saturated rings. The summed E-state index contributed by atoms with van der Waals surface area (Å²) in [4.78, 5) is 12.3. The van der Waals surface area contributed by atoms with Gasteiger partial charge in [-0.2, -0.15) is 5.26 Å². The van der Waals surface area contributed by atoms with Gasteiger partial charge in [0.1, 0.15) is 6.07 Å². The summed E-state index contributed by atoms with van der Waals surface area (Å²) in [6, 6.07) is 13.3. The van der Waals surface area contributed by atoms with Gasteiger partial charge in [-0.25, -0.2) is 15.0 Å². The van der Waals surface area contributed by atoms with Crippen LogP contribution in [0.3, 0.4) is 0 Å². The van der Waals surface area contributed by atoms with Gasteiger partial charge in [0.15, 0.2) is 5.69 Å². The van der Waals surface area contributed by atoms with Gasteiger partial charge >= 0.3 is 0 Å². The summed E-state index contributed by atoms with van der Waals surface area (Å²) >= 11 is 5.78. The lowest BCUT2D eigenvalue weighted by atomic mass is 10.1. The van der Waals surface area contributed by atoms with E-state index in [1.54, 1.807) is 12.3 Å². The molecule has 0 amide bonds. The molecule has 0 N–H and O–H groups in total. The van der Waals surface area contributed by atoms with Gasteiger partial charge in [-0.05, 0) is 29.8 Å². The van der Waals surface area contributed by atoms with E-state index in [9.17, 15) is 5.26 Å². The molecule has 0 spiro atoms. The van der Waals surface area contributed by atoms with Crippen molar-refractivity contribution in [3.8, 4) is 17.3 Å². The SMILES string of the molecule is N#Cc1nc2ccccc2cc1-c1ccnc(Cl)n1. The third-order valence-corrected chi connectivity index (χ3v) is 2.91. The highest BCUT2D eigenvalue weighted by molar-refractivity contribution is 6.28. The summed E-state index contributed by atoms with van der Waals surface area (Å²) in [7, 11) is 0. The molecule has 0 unspecified atom stereocenters. The number of benzene rings is 1. The largest absolute Gasteiger partial charge is 0.236 e. The Balaban J connectivity index is 2.31. The highest BCUT2D eigenvalue weighted by Gasteiger charge is 2.10. The molecule has 4 nitrogen and oxygen atoms in total. The molecule has 0 saturated heterocycles. The molecule has 2 heterocycles. The predicted octanol–water partition coefficient (Wildman–Crippen LogP) is 3.22. The first-order chi connectivity index (χ1) is 9.28. The number of fused-ring (bicyclic) bond motifs is 1. The average molecular weight is 267 g/mol. The number of rotatable bonds is 1. The van der Waals surface area contributed by atoms with Crippen molar-refractivity contribution in [3.63, 3.8) is 0 Å². The van der Waals surface area contributed by atoms with Crippen LogP contribution in [0.25, 0.3) is 22.2 Å². The zero-order valence-corrected chi connectivity index (χ0v) is 10.5. The maximum atomic E-state index is 9.22. The summed E-state index contributed by atoms with van der Waals surface area (Å²) in [5, 5.41) is 10.3. The number of para-hydroxylation sites is 1. The first-order valence-corrected chi connectivity index (χ1v) is 5.94. The summed E-state index contributed by atoms with van der Waals surface area (Å²) < 4.78 is 0. The smallest absolute Gasteiger partial charge is 0.222 e. The summed E-state index contributed by atoms with van der Waals surface area (Å²) in [5.74, 6) is 0. The zero-order chi connectivity index (χ0) is 13.2. The van der Waals surface area contributed by atoms with Crippen LogP contribution in [0.2, 0.25) is 5.28 Å². The Labute approximate surface area is 114 Å². The van der Waals surface area contributed by atoms with Crippen LogP contribution in [-0.2, 0) is 0 Å². The first-order valence-electron chi connectivity index (χ1n) is 5.57. The average Bonchev–Trinajstić information content (AvgIpc) is 2.46. The maximum absolute atomic E-state index is 9.22. The van der Waals surface area contributed by atoms with E-state index >= 15 is 0 Å². The van der Waals surface area contributed by atoms with E-state index in [4.69, 9.17) is 11.6 Å². The molecule has 3 aromatic rings. The lowest BCUT2D eigenvalue weighted by Gasteiger charge is -2.05. The third-order valence-electron chi connectivity index (χ3n) is 2.73. The molecule has 1 aromatic carbocycles. The molecule has 90 valence electrons. The van der Waals surface area contributed by atoms with Crippen molar-refractivity contribution in [2.24, 2.45) is 0 Å². The number of hydrogen-bond acceptors (Lipinski definition) is 4. The van der Waals surface area contributed by atoms with Crippen molar-refractivity contribution in [3.05, 3.63) is 53.6 Å². The number of nitrogens with zero attached hydrogens (tertiary/aromatic N) is 4. The molecule has 0 aliphatic heterocycles. The van der Waals surface area contributed by atoms with Crippen LogP contribution in [-0.4, -0.2) is 15.0 Å². The maximum Gasteiger partial charge on any atom is 0.222 e. The van der Waals surface area contributed by atoms with E-state index in [0.717, 1.165) is 10.9 Å². The minimum Gasteiger partial charge on any atom is -0.236 e. The second kappa shape index (κ2) is 4.63. The highest BCUT2D eigenvalue weighted by atomic mass is 35.5. The molecular weight excluding hydrogens is 260 g/mol. The van der Waals surface area contributed by atoms with Gasteiger partial charge in [-0.1, -0.05) is 18.2 Å². The van der Waals surface area contributed by atoms with E-state index in [-0.39, 0.29) is 5.28 Å². The molecule has 5 heteroatoms. The molecule has 0 aliphatic rings. The Morgan fingerprint density at radius 2 is 1.95 bits per heavy atom. The molecule has 0 bridgehead atoms. The zero-order valence-electron chi connectivity index (χ0n) is 9.71. The predicted molar refractivity (Wildman–Crippen MR) is 72.5 cm³/mol. The van der Waals surface area contributed by atoms with Gasteiger partial charge in [0.05, 0.1) is 11.2 Å². The van der Waals surface area contributed by atoms with Gasteiger partial charge in [-0.15, -0.1) is 0 Å². The van der Waals surface area contributed by atoms with Crippen LogP contribution in [0.15, 0.2) is 42.6 Å². The Kier molecular flexibility index (Phi) is 2.82. The Hall–Kier alpha value is -2.51. The fraction of sp³-hybridized carbons (Fsp3) is 0. The van der Waals surface area contributed by atoms with E-state index in [0.29, 0.717) is 17.0 Å². The number of aromatic nitrogens is 3. The normalized spacial score (nSPS) is 10.3. The summed E-state index contributed by atoms with van der Waals surface area (Å²) in [6.07, 6.45) is 1.56. The van der Waals surface area contributed by atoms with Crippen molar-refractivity contribution in [2.75, 3.05) is 0 Å². The standard InChI is InChI=1S/C14H7ClN4/c15-14-17-6-5-12(19-14)10-7-9-3-1-2-4-11(9)18-13(10)8-16/h1-7H. The van der Waals surface area contributed by atoms with Crippen molar-refractivity contribution in [1.29, 1.82) is 5.26 Å². The minimum absolute atomic E-state index is 0.148. The fourth-order valence-corrected chi connectivity index (χ4v) is 2.03. The van der Waals surface area contributed by atoms with Crippen molar-refractivity contribution in [2.45, 2.75) is 0 Å². The lowest BCUT2D eigenvalue weighted by molar-refractivity contribution is 1.16. The number of nitriles is 1. The van der Waals surface area contributed by atoms with Crippen LogP contribution >= 0.6 is 11.6 Å². The fourth-order valence-electron chi connectivity index (χ4n) is 1.88. The van der Waals surface area contributed by atoms with Crippen LogP contribution < -0.4 is 0 Å². The number of halogens is 1. The van der Waals surface area contributed by atoms with E-state index in [1.807, 2.05) is 30.3 Å². The Morgan fingerprint density at radius 1 is 1.11 bits per heavy atom. The molecule has 3 rings (SSSR count). The molecular formula is C14H7ClN4. The van der Waals surface area contributed by atoms with Gasteiger partial charge in [-0.3, -0.25) is 0 Å². The summed E-state index contributed by atoms with van der Waals surface area (Å²) in [6.45, 7) is 0. The molecule has 0 radical (unpaired) electrons. The van der Waals surface area contributed by atoms with Gasteiger partial charge in [0.25, 0.3) is 0 Å². The van der Waals surface area contributed by atoms with Crippen LogP contribution in [0.1, 0.15) is 5.69 Å². The highest BCUT2D eigenvalue weighted by Crippen LogP contribution is 2.25. The quantitative estimate of drug-likeness (QED) is 0.635. The van der Waals surface area contributed by atoms with Crippen LogP contribution in [0.5, 0.6) is 0 Å². The Morgan fingerprint density at radius 3 is 2.74 bits per heavy atom. The van der Waals surface area contributed by atoms with Gasteiger partial charge in [0.2, 0.25) is 5.28 Å². The van der Waals surface area contributed by atoms with Gasteiger partial charge < -0.3 is 0 Å². The molecule has 2 aromatic heterocycles. The molecule has 0 atom stereocenters. The van der Waals surface area contributed by atoms with Crippen molar-refractivity contribution >= 4 is 22.5 Å². The van der Waals surface area contributed by atoms with Gasteiger partial charge in [0, 0.05) is 17.1 Å². The second-order valence-electron chi connectivity index (χ2n) is 3.90. The second-order valence-corrected chi connectivity index (χ2v) is 4.24. The first kappa shape index (κ1) is 11.6. The van der Waals surface area contributed by atoms with E-state index in [1.165, 1.54) is 0 Å². The monoisotopic (exact) mass is 266 g/mol. The van der Waals surface area contributed by atoms with Crippen molar-refractivity contribution < 1.29 is 0 Å².